The van der Waals surface area contributed by atoms with Gasteiger partial charge in [-0.25, -0.2) is 0 Å². The zero-order valence-electron chi connectivity index (χ0n) is 14.1. The molecule has 0 aliphatic heterocycles. The first-order chi connectivity index (χ1) is 9.13. The smallest absolute Gasteiger partial charge is 0.0351 e. The number of hydrogen-bond acceptors (Lipinski definition) is 0. The van der Waals surface area contributed by atoms with Gasteiger partial charge in [-0.1, -0.05) is 84.8 Å². The maximum absolute atomic E-state index is 2.41. The average Bonchev–Trinajstić information content (AvgIpc) is 2.34. The highest BCUT2D eigenvalue weighted by atomic mass is 14.0. The first-order valence-electron chi connectivity index (χ1n) is 8.78. The van der Waals surface area contributed by atoms with Crippen LogP contribution in [-0.4, -0.2) is 0 Å². The molecule has 0 spiro atoms. The highest BCUT2D eigenvalue weighted by Crippen LogP contribution is 2.12. The van der Waals surface area contributed by atoms with Crippen LogP contribution in [-0.2, 0) is 0 Å². The number of hydrogen-bond donors (Lipinski definition) is 0. The molecule has 0 fully saturated rings. The fourth-order valence-electron chi connectivity index (χ4n) is 2.40. The molecule has 0 rings (SSSR count). The third kappa shape index (κ3) is 17.7. The lowest BCUT2D eigenvalue weighted by atomic mass is 10.0. The van der Waals surface area contributed by atoms with Crippen molar-refractivity contribution in [3.63, 3.8) is 0 Å². The van der Waals surface area contributed by atoms with E-state index < -0.39 is 0 Å². The highest BCUT2D eigenvalue weighted by Gasteiger charge is 1.94. The molecule has 0 aromatic carbocycles. The Morgan fingerprint density at radius 2 is 0.895 bits per heavy atom. The summed E-state index contributed by atoms with van der Waals surface area (Å²) in [5.74, 6) is 1.76. The Morgan fingerprint density at radius 1 is 0.526 bits per heavy atom. The molecular weight excluding hydrogens is 228 g/mol. The first kappa shape index (κ1) is 18.7. The van der Waals surface area contributed by atoms with Gasteiger partial charge in [-0.3, -0.25) is 0 Å². The Kier molecular flexibility index (Phi) is 14.0. The van der Waals surface area contributed by atoms with E-state index >= 15 is 0 Å². The summed E-state index contributed by atoms with van der Waals surface area (Å²) in [6, 6.07) is 0. The Morgan fingerprint density at radius 3 is 1.42 bits per heavy atom. The predicted molar refractivity (Wildman–Crippen MR) is 89.6 cm³/mol. The fourth-order valence-corrected chi connectivity index (χ4v) is 2.40. The molecule has 0 saturated carbocycles. The third-order valence-electron chi connectivity index (χ3n) is 3.72. The van der Waals surface area contributed by atoms with Crippen LogP contribution in [0.2, 0.25) is 0 Å². The molecule has 0 amide bonds. The van der Waals surface area contributed by atoms with Crippen LogP contribution in [0.5, 0.6) is 0 Å². The van der Waals surface area contributed by atoms with Crippen molar-refractivity contribution in [3.05, 3.63) is 12.2 Å². The van der Waals surface area contributed by atoms with Crippen molar-refractivity contribution >= 4 is 0 Å². The minimum Gasteiger partial charge on any atom is -0.0885 e. The van der Waals surface area contributed by atoms with Crippen LogP contribution in [0.1, 0.15) is 98.3 Å². The minimum absolute atomic E-state index is 0.875. The fraction of sp³-hybridized carbons (Fsp3) is 0.895. The molecule has 19 heavy (non-hydrogen) atoms. The summed E-state index contributed by atoms with van der Waals surface area (Å²) >= 11 is 0. The quantitative estimate of drug-likeness (QED) is 0.245. The van der Waals surface area contributed by atoms with Crippen molar-refractivity contribution in [2.24, 2.45) is 11.8 Å². The molecular formula is C19H38. The van der Waals surface area contributed by atoms with Crippen molar-refractivity contribution in [1.82, 2.24) is 0 Å². The molecule has 0 aliphatic rings. The second-order valence-electron chi connectivity index (χ2n) is 6.89. The van der Waals surface area contributed by atoms with Gasteiger partial charge in [0.1, 0.15) is 0 Å². The van der Waals surface area contributed by atoms with E-state index in [2.05, 4.69) is 39.8 Å². The lowest BCUT2D eigenvalue weighted by molar-refractivity contribution is 0.516. The van der Waals surface area contributed by atoms with E-state index in [0.29, 0.717) is 0 Å². The molecule has 0 unspecified atom stereocenters. The topological polar surface area (TPSA) is 0 Å². The Balaban J connectivity index is 3.09. The largest absolute Gasteiger partial charge is 0.0885 e. The van der Waals surface area contributed by atoms with Crippen molar-refractivity contribution in [2.45, 2.75) is 98.3 Å². The molecule has 0 aliphatic carbocycles. The van der Waals surface area contributed by atoms with Gasteiger partial charge in [0.2, 0.25) is 0 Å². The third-order valence-corrected chi connectivity index (χ3v) is 3.72. The van der Waals surface area contributed by atoms with Crippen molar-refractivity contribution < 1.29 is 0 Å². The zero-order valence-corrected chi connectivity index (χ0v) is 14.1. The predicted octanol–water partition coefficient (Wildman–Crippen LogP) is 7.15. The minimum atomic E-state index is 0.875. The van der Waals surface area contributed by atoms with E-state index in [4.69, 9.17) is 0 Å². The highest BCUT2D eigenvalue weighted by molar-refractivity contribution is 4.81. The summed E-state index contributed by atoms with van der Waals surface area (Å²) < 4.78 is 0. The Labute approximate surface area is 123 Å². The molecule has 0 saturated heterocycles. The summed E-state index contributed by atoms with van der Waals surface area (Å²) in [5, 5.41) is 0. The molecule has 0 heterocycles. The Bertz CT molecular complexity index is 188. The van der Waals surface area contributed by atoms with Crippen molar-refractivity contribution in [3.8, 4) is 0 Å². The molecule has 0 aromatic heterocycles. The summed E-state index contributed by atoms with van der Waals surface area (Å²) in [4.78, 5) is 0. The molecule has 0 nitrogen and oxygen atoms in total. The standard InChI is InChI=1S/C19H38/c1-18(2)16-14-12-10-8-6-5-7-9-11-13-15-17-19(3)4/h6,8,18-19H,5,7,9-17H2,1-4H3/b8-6-. The van der Waals surface area contributed by atoms with Gasteiger partial charge in [0.05, 0.1) is 0 Å². The van der Waals surface area contributed by atoms with E-state index in [9.17, 15) is 0 Å². The van der Waals surface area contributed by atoms with Crippen LogP contribution in [0.15, 0.2) is 12.2 Å². The van der Waals surface area contributed by atoms with Crippen LogP contribution in [0.4, 0.5) is 0 Å². The normalized spacial score (nSPS) is 12.1. The van der Waals surface area contributed by atoms with Gasteiger partial charge >= 0.3 is 0 Å². The average molecular weight is 267 g/mol. The van der Waals surface area contributed by atoms with Gasteiger partial charge in [-0.2, -0.15) is 0 Å². The van der Waals surface area contributed by atoms with Crippen LogP contribution >= 0.6 is 0 Å². The number of allylic oxidation sites excluding steroid dienone is 2. The summed E-state index contributed by atoms with van der Waals surface area (Å²) in [6.07, 6.45) is 20.1. The monoisotopic (exact) mass is 266 g/mol. The SMILES string of the molecule is CC(C)CCCC/C=C\CCCCCCCC(C)C. The van der Waals surface area contributed by atoms with E-state index in [1.165, 1.54) is 70.6 Å². The molecule has 0 N–H and O–H groups in total. The lowest BCUT2D eigenvalue weighted by Crippen LogP contribution is -1.87. The molecule has 0 radical (unpaired) electrons. The molecule has 0 aromatic rings. The summed E-state index contributed by atoms with van der Waals surface area (Å²) in [6.45, 7) is 9.28. The number of unbranched alkanes of at least 4 members (excludes halogenated alkanes) is 7. The second kappa shape index (κ2) is 14.2. The van der Waals surface area contributed by atoms with Gasteiger partial charge in [0, 0.05) is 0 Å². The van der Waals surface area contributed by atoms with Gasteiger partial charge in [-0.15, -0.1) is 0 Å². The van der Waals surface area contributed by atoms with Crippen LogP contribution in [0, 0.1) is 11.8 Å². The second-order valence-corrected chi connectivity index (χ2v) is 6.89. The zero-order chi connectivity index (χ0) is 14.3. The maximum atomic E-state index is 2.41. The lowest BCUT2D eigenvalue weighted by Gasteiger charge is -2.03. The Hall–Kier alpha value is -0.260. The van der Waals surface area contributed by atoms with Gasteiger partial charge in [0.25, 0.3) is 0 Å². The van der Waals surface area contributed by atoms with Crippen molar-refractivity contribution in [2.75, 3.05) is 0 Å². The summed E-state index contributed by atoms with van der Waals surface area (Å²) in [5.41, 5.74) is 0. The van der Waals surface area contributed by atoms with Crippen molar-refractivity contribution in [1.29, 1.82) is 0 Å². The maximum Gasteiger partial charge on any atom is -0.0351 e. The molecule has 0 bridgehead atoms. The van der Waals surface area contributed by atoms with Gasteiger partial charge < -0.3 is 0 Å². The van der Waals surface area contributed by atoms with E-state index in [-0.39, 0.29) is 0 Å². The summed E-state index contributed by atoms with van der Waals surface area (Å²) in [7, 11) is 0. The van der Waals surface area contributed by atoms with Crippen LogP contribution in [0.25, 0.3) is 0 Å². The number of rotatable bonds is 13. The van der Waals surface area contributed by atoms with Crippen LogP contribution < -0.4 is 0 Å². The van der Waals surface area contributed by atoms with Gasteiger partial charge in [-0.05, 0) is 37.5 Å². The van der Waals surface area contributed by atoms with Gasteiger partial charge in [0.15, 0.2) is 0 Å². The molecule has 114 valence electrons. The molecule has 0 atom stereocenters. The first-order valence-corrected chi connectivity index (χ1v) is 8.78. The van der Waals surface area contributed by atoms with Crippen LogP contribution in [0.3, 0.4) is 0 Å². The van der Waals surface area contributed by atoms with E-state index in [0.717, 1.165) is 11.8 Å². The van der Waals surface area contributed by atoms with E-state index in [1.807, 2.05) is 0 Å². The molecule has 0 heteroatoms. The van der Waals surface area contributed by atoms with E-state index in [1.54, 1.807) is 0 Å².